The molecule has 1 aliphatic heterocycles. The molecule has 0 saturated carbocycles. The van der Waals surface area contributed by atoms with Gasteiger partial charge in [0.2, 0.25) is 0 Å². The molecule has 2 aromatic carbocycles. The quantitative estimate of drug-likeness (QED) is 0.503. The predicted octanol–water partition coefficient (Wildman–Crippen LogP) is 3.25. The number of furan rings is 1. The van der Waals surface area contributed by atoms with Crippen LogP contribution in [0.2, 0.25) is 0 Å². The number of fused-ring (bicyclic) bond motifs is 1. The Hall–Kier alpha value is -3.68. The Morgan fingerprint density at radius 3 is 2.28 bits per heavy atom. The number of carbonyl (C=O) groups excluding carboxylic acids is 2. The molecular weight excluding hydrogens is 374 g/mol. The van der Waals surface area contributed by atoms with Crippen LogP contribution in [0.4, 0.5) is 5.69 Å². The Kier molecular flexibility index (Phi) is 4.75. The van der Waals surface area contributed by atoms with Crippen LogP contribution < -0.4 is 0 Å². The fourth-order valence-electron chi connectivity index (χ4n) is 3.58. The molecule has 0 radical (unpaired) electrons. The zero-order valence-electron chi connectivity index (χ0n) is 15.8. The van der Waals surface area contributed by atoms with Crippen molar-refractivity contribution in [1.29, 1.82) is 0 Å². The van der Waals surface area contributed by atoms with Crippen molar-refractivity contribution < 1.29 is 18.9 Å². The summed E-state index contributed by atoms with van der Waals surface area (Å²) in [6, 6.07) is 13.6. The highest BCUT2D eigenvalue weighted by molar-refractivity contribution is 5.98. The molecule has 1 saturated heterocycles. The average Bonchev–Trinajstić information content (AvgIpc) is 3.17. The molecule has 29 heavy (non-hydrogen) atoms. The zero-order chi connectivity index (χ0) is 20.5. The van der Waals surface area contributed by atoms with Crippen LogP contribution in [-0.2, 0) is 0 Å². The molecule has 1 aromatic heterocycles. The van der Waals surface area contributed by atoms with Crippen LogP contribution in [0.25, 0.3) is 11.0 Å². The number of rotatable bonds is 3. The average molecular weight is 393 g/mol. The normalized spacial score (nSPS) is 14.2. The van der Waals surface area contributed by atoms with Crippen LogP contribution in [-0.4, -0.2) is 52.7 Å². The summed E-state index contributed by atoms with van der Waals surface area (Å²) in [6.45, 7) is 3.03. The minimum atomic E-state index is -0.490. The van der Waals surface area contributed by atoms with E-state index in [1.54, 1.807) is 28.9 Å². The number of piperazine rings is 1. The Bertz CT molecular complexity index is 1080. The van der Waals surface area contributed by atoms with Gasteiger partial charge in [0.1, 0.15) is 5.58 Å². The van der Waals surface area contributed by atoms with Gasteiger partial charge in [-0.25, -0.2) is 0 Å². The van der Waals surface area contributed by atoms with E-state index < -0.39 is 4.92 Å². The smallest absolute Gasteiger partial charge is 0.289 e. The lowest BCUT2D eigenvalue weighted by Gasteiger charge is -2.34. The van der Waals surface area contributed by atoms with Crippen LogP contribution in [0.5, 0.6) is 0 Å². The topological polar surface area (TPSA) is 96.9 Å². The number of amides is 2. The second kappa shape index (κ2) is 7.38. The predicted molar refractivity (Wildman–Crippen MR) is 106 cm³/mol. The lowest BCUT2D eigenvalue weighted by Crippen LogP contribution is -2.50. The number of nitro groups is 1. The third kappa shape index (κ3) is 3.44. The Balaban J connectivity index is 1.45. The third-order valence-corrected chi connectivity index (χ3v) is 5.22. The standard InChI is InChI=1S/C21H19N3O5/c1-14-16(6-4-7-17(14)24(27)28)20(25)22-9-11-23(12-10-22)21(26)19-13-15-5-2-3-8-18(15)29-19/h2-8,13H,9-12H2,1H3. The van der Waals surface area contributed by atoms with Gasteiger partial charge in [-0.05, 0) is 25.1 Å². The largest absolute Gasteiger partial charge is 0.451 e. The molecule has 8 nitrogen and oxygen atoms in total. The second-order valence-corrected chi connectivity index (χ2v) is 6.94. The van der Waals surface area contributed by atoms with E-state index >= 15 is 0 Å². The van der Waals surface area contributed by atoms with Gasteiger partial charge in [0, 0.05) is 48.8 Å². The van der Waals surface area contributed by atoms with Crippen molar-refractivity contribution in [3.05, 3.63) is 75.5 Å². The summed E-state index contributed by atoms with van der Waals surface area (Å²) in [5.41, 5.74) is 1.25. The monoisotopic (exact) mass is 393 g/mol. The molecule has 1 fully saturated rings. The van der Waals surface area contributed by atoms with E-state index in [-0.39, 0.29) is 23.3 Å². The lowest BCUT2D eigenvalue weighted by molar-refractivity contribution is -0.385. The molecule has 1 aliphatic rings. The SMILES string of the molecule is Cc1c(C(=O)N2CCN(C(=O)c3cc4ccccc4o3)CC2)cccc1[N+](=O)[O-]. The molecule has 0 N–H and O–H groups in total. The van der Waals surface area contributed by atoms with E-state index in [2.05, 4.69) is 0 Å². The van der Waals surface area contributed by atoms with Gasteiger partial charge in [0.25, 0.3) is 17.5 Å². The van der Waals surface area contributed by atoms with E-state index in [1.165, 1.54) is 12.1 Å². The van der Waals surface area contributed by atoms with Crippen LogP contribution >= 0.6 is 0 Å². The first-order chi connectivity index (χ1) is 14.0. The van der Waals surface area contributed by atoms with Crippen LogP contribution in [0.3, 0.4) is 0 Å². The molecule has 148 valence electrons. The number of para-hydroxylation sites is 1. The van der Waals surface area contributed by atoms with E-state index in [4.69, 9.17) is 4.42 Å². The summed E-state index contributed by atoms with van der Waals surface area (Å²) in [4.78, 5) is 39.5. The van der Waals surface area contributed by atoms with Crippen molar-refractivity contribution in [2.45, 2.75) is 6.92 Å². The summed E-state index contributed by atoms with van der Waals surface area (Å²) in [6.07, 6.45) is 0. The van der Waals surface area contributed by atoms with Crippen molar-refractivity contribution in [3.63, 3.8) is 0 Å². The lowest BCUT2D eigenvalue weighted by atomic mass is 10.1. The molecule has 2 amide bonds. The summed E-state index contributed by atoms with van der Waals surface area (Å²) in [5.74, 6) is -0.192. The zero-order valence-corrected chi connectivity index (χ0v) is 15.8. The van der Waals surface area contributed by atoms with Gasteiger partial charge in [-0.2, -0.15) is 0 Å². The molecule has 4 rings (SSSR count). The first kappa shape index (κ1) is 18.7. The van der Waals surface area contributed by atoms with Crippen molar-refractivity contribution in [2.75, 3.05) is 26.2 Å². The maximum atomic E-state index is 12.8. The second-order valence-electron chi connectivity index (χ2n) is 6.94. The maximum Gasteiger partial charge on any atom is 0.289 e. The van der Waals surface area contributed by atoms with E-state index in [1.807, 2.05) is 24.3 Å². The highest BCUT2D eigenvalue weighted by atomic mass is 16.6. The van der Waals surface area contributed by atoms with Crippen molar-refractivity contribution in [1.82, 2.24) is 9.80 Å². The third-order valence-electron chi connectivity index (χ3n) is 5.22. The fourth-order valence-corrected chi connectivity index (χ4v) is 3.58. The number of hydrogen-bond donors (Lipinski definition) is 0. The summed E-state index contributed by atoms with van der Waals surface area (Å²) in [7, 11) is 0. The van der Waals surface area contributed by atoms with Gasteiger partial charge in [-0.1, -0.05) is 24.3 Å². The number of carbonyl (C=O) groups is 2. The maximum absolute atomic E-state index is 12.8. The molecule has 3 aromatic rings. The molecule has 0 spiro atoms. The highest BCUT2D eigenvalue weighted by Crippen LogP contribution is 2.24. The van der Waals surface area contributed by atoms with Gasteiger partial charge in [-0.3, -0.25) is 19.7 Å². The Morgan fingerprint density at radius 2 is 1.62 bits per heavy atom. The van der Waals surface area contributed by atoms with Crippen molar-refractivity contribution >= 4 is 28.5 Å². The summed E-state index contributed by atoms with van der Waals surface area (Å²) < 4.78 is 5.64. The Labute approximate surface area is 166 Å². The minimum Gasteiger partial charge on any atom is -0.451 e. The summed E-state index contributed by atoms with van der Waals surface area (Å²) >= 11 is 0. The van der Waals surface area contributed by atoms with Crippen molar-refractivity contribution in [3.8, 4) is 0 Å². The first-order valence-corrected chi connectivity index (χ1v) is 9.27. The number of hydrogen-bond acceptors (Lipinski definition) is 5. The molecule has 8 heteroatoms. The number of benzene rings is 2. The van der Waals surface area contributed by atoms with Gasteiger partial charge in [0.15, 0.2) is 5.76 Å². The van der Waals surface area contributed by atoms with Gasteiger partial charge in [0.05, 0.1) is 4.92 Å². The van der Waals surface area contributed by atoms with Crippen LogP contribution in [0.15, 0.2) is 52.9 Å². The fraction of sp³-hybridized carbons (Fsp3) is 0.238. The molecule has 2 heterocycles. The summed E-state index contributed by atoms with van der Waals surface area (Å²) in [5, 5.41) is 12.0. The van der Waals surface area contributed by atoms with Gasteiger partial charge in [-0.15, -0.1) is 0 Å². The number of nitrogens with zero attached hydrogens (tertiary/aromatic N) is 3. The molecule has 0 unspecified atom stereocenters. The van der Waals surface area contributed by atoms with E-state index in [0.717, 1.165) is 5.39 Å². The minimum absolute atomic E-state index is 0.0745. The van der Waals surface area contributed by atoms with Crippen LogP contribution in [0.1, 0.15) is 26.5 Å². The molecule has 0 atom stereocenters. The van der Waals surface area contributed by atoms with E-state index in [0.29, 0.717) is 42.9 Å². The molecule has 0 bridgehead atoms. The highest BCUT2D eigenvalue weighted by Gasteiger charge is 2.29. The molecular formula is C21H19N3O5. The van der Waals surface area contributed by atoms with Gasteiger partial charge >= 0.3 is 0 Å². The Morgan fingerprint density at radius 1 is 0.966 bits per heavy atom. The van der Waals surface area contributed by atoms with Gasteiger partial charge < -0.3 is 14.2 Å². The first-order valence-electron chi connectivity index (χ1n) is 9.27. The van der Waals surface area contributed by atoms with Crippen LogP contribution in [0, 0.1) is 17.0 Å². The van der Waals surface area contributed by atoms with E-state index in [9.17, 15) is 19.7 Å². The van der Waals surface area contributed by atoms with Crippen molar-refractivity contribution in [2.24, 2.45) is 0 Å². The molecule has 0 aliphatic carbocycles. The number of nitro benzene ring substituents is 1.